The van der Waals surface area contributed by atoms with Crippen molar-refractivity contribution in [3.8, 4) is 0 Å². The first kappa shape index (κ1) is 9.21. The molecule has 76 valence electrons. The molecule has 0 radical (unpaired) electrons. The summed E-state index contributed by atoms with van der Waals surface area (Å²) >= 11 is 0. The van der Waals surface area contributed by atoms with Gasteiger partial charge in [0.2, 0.25) is 5.95 Å². The number of ether oxygens (including phenoxy) is 1. The van der Waals surface area contributed by atoms with Crippen molar-refractivity contribution in [1.29, 1.82) is 0 Å². The molecule has 0 aromatic carbocycles. The second-order valence-corrected chi connectivity index (χ2v) is 3.41. The van der Waals surface area contributed by atoms with Gasteiger partial charge in [0.15, 0.2) is 0 Å². The zero-order valence-electron chi connectivity index (χ0n) is 8.18. The predicted molar refractivity (Wildman–Crippen MR) is 54.1 cm³/mol. The van der Waals surface area contributed by atoms with Gasteiger partial charge in [-0.15, -0.1) is 0 Å². The van der Waals surface area contributed by atoms with Gasteiger partial charge in [0.1, 0.15) is 5.82 Å². The molecule has 1 fully saturated rings. The van der Waals surface area contributed by atoms with E-state index in [0.717, 1.165) is 19.7 Å². The first-order valence-corrected chi connectivity index (χ1v) is 4.71. The lowest BCUT2D eigenvalue weighted by atomic mass is 10.3. The molecule has 1 aromatic heterocycles. The minimum Gasteiger partial charge on any atom is -0.384 e. The number of hydrogen-bond donors (Lipinski definition) is 1. The molecule has 0 saturated carbocycles. The molecule has 1 atom stereocenters. The van der Waals surface area contributed by atoms with Crippen LogP contribution in [0, 0.1) is 0 Å². The number of nitrogens with zero attached hydrogens (tertiary/aromatic N) is 3. The second-order valence-electron chi connectivity index (χ2n) is 3.41. The number of morpholine rings is 1. The van der Waals surface area contributed by atoms with Crippen molar-refractivity contribution >= 4 is 11.8 Å². The van der Waals surface area contributed by atoms with E-state index in [9.17, 15) is 0 Å². The summed E-state index contributed by atoms with van der Waals surface area (Å²) in [6.45, 7) is 4.41. The van der Waals surface area contributed by atoms with Crippen LogP contribution in [0.25, 0.3) is 0 Å². The molecule has 1 aliphatic rings. The molecule has 2 rings (SSSR count). The maximum absolute atomic E-state index is 5.59. The molecule has 5 nitrogen and oxygen atoms in total. The number of hydrogen-bond acceptors (Lipinski definition) is 5. The Hall–Kier alpha value is -1.36. The van der Waals surface area contributed by atoms with E-state index in [1.54, 1.807) is 12.3 Å². The van der Waals surface area contributed by atoms with E-state index in [2.05, 4.69) is 14.9 Å². The molecule has 0 amide bonds. The van der Waals surface area contributed by atoms with Crippen LogP contribution in [0.1, 0.15) is 6.92 Å². The Kier molecular flexibility index (Phi) is 2.49. The predicted octanol–water partition coefficient (Wildman–Crippen LogP) is 0.284. The highest BCUT2D eigenvalue weighted by Crippen LogP contribution is 2.12. The lowest BCUT2D eigenvalue weighted by Gasteiger charge is -2.31. The Balaban J connectivity index is 2.14. The summed E-state index contributed by atoms with van der Waals surface area (Å²) < 4.78 is 5.43. The Labute approximate surface area is 82.9 Å². The van der Waals surface area contributed by atoms with E-state index in [0.29, 0.717) is 11.8 Å². The van der Waals surface area contributed by atoms with E-state index in [1.807, 2.05) is 6.92 Å². The van der Waals surface area contributed by atoms with Crippen molar-refractivity contribution in [2.24, 2.45) is 0 Å². The van der Waals surface area contributed by atoms with Crippen molar-refractivity contribution in [2.75, 3.05) is 30.3 Å². The summed E-state index contributed by atoms with van der Waals surface area (Å²) in [6.07, 6.45) is 1.91. The highest BCUT2D eigenvalue weighted by molar-refractivity contribution is 5.38. The topological polar surface area (TPSA) is 64.3 Å². The summed E-state index contributed by atoms with van der Waals surface area (Å²) in [5.41, 5.74) is 5.59. The highest BCUT2D eigenvalue weighted by Gasteiger charge is 2.18. The minimum absolute atomic E-state index is 0.230. The van der Waals surface area contributed by atoms with Gasteiger partial charge in [-0.3, -0.25) is 0 Å². The smallest absolute Gasteiger partial charge is 0.227 e. The molecule has 0 bridgehead atoms. The largest absolute Gasteiger partial charge is 0.384 e. The lowest BCUT2D eigenvalue weighted by molar-refractivity contribution is 0.0526. The van der Waals surface area contributed by atoms with E-state index in [-0.39, 0.29) is 6.10 Å². The van der Waals surface area contributed by atoms with Crippen LogP contribution in [-0.4, -0.2) is 35.8 Å². The van der Waals surface area contributed by atoms with Crippen LogP contribution in [0.15, 0.2) is 12.3 Å². The lowest BCUT2D eigenvalue weighted by Crippen LogP contribution is -2.42. The van der Waals surface area contributed by atoms with Gasteiger partial charge in [-0.25, -0.2) is 4.98 Å². The highest BCUT2D eigenvalue weighted by atomic mass is 16.5. The SMILES string of the molecule is CC1CN(c2nccc(N)n2)CCO1. The van der Waals surface area contributed by atoms with Gasteiger partial charge in [0.25, 0.3) is 0 Å². The summed E-state index contributed by atoms with van der Waals surface area (Å²) in [7, 11) is 0. The fourth-order valence-electron chi connectivity index (χ4n) is 1.51. The summed E-state index contributed by atoms with van der Waals surface area (Å²) in [6, 6.07) is 1.69. The summed E-state index contributed by atoms with van der Waals surface area (Å²) in [4.78, 5) is 10.4. The van der Waals surface area contributed by atoms with Crippen LogP contribution in [0.5, 0.6) is 0 Å². The zero-order chi connectivity index (χ0) is 9.97. The standard InChI is InChI=1S/C9H14N4O/c1-7-6-13(4-5-14-7)9-11-3-2-8(10)12-9/h2-3,7H,4-6H2,1H3,(H2,10,11,12). The average molecular weight is 194 g/mol. The minimum atomic E-state index is 0.230. The monoisotopic (exact) mass is 194 g/mol. The molecule has 2 N–H and O–H groups in total. The molecule has 1 aromatic rings. The Morgan fingerprint density at radius 1 is 1.64 bits per heavy atom. The van der Waals surface area contributed by atoms with Gasteiger partial charge in [-0.05, 0) is 13.0 Å². The van der Waals surface area contributed by atoms with E-state index >= 15 is 0 Å². The molecular formula is C9H14N4O. The third kappa shape index (κ3) is 1.93. The van der Waals surface area contributed by atoms with Crippen LogP contribution in [0.4, 0.5) is 11.8 Å². The summed E-state index contributed by atoms with van der Waals surface area (Å²) in [5, 5.41) is 0. The van der Waals surface area contributed by atoms with Gasteiger partial charge < -0.3 is 15.4 Å². The molecule has 14 heavy (non-hydrogen) atoms. The van der Waals surface area contributed by atoms with Crippen molar-refractivity contribution in [2.45, 2.75) is 13.0 Å². The molecule has 5 heteroatoms. The first-order valence-electron chi connectivity index (χ1n) is 4.71. The Morgan fingerprint density at radius 2 is 2.50 bits per heavy atom. The molecule has 1 saturated heterocycles. The van der Waals surface area contributed by atoms with Gasteiger partial charge in [0, 0.05) is 19.3 Å². The van der Waals surface area contributed by atoms with Crippen molar-refractivity contribution in [1.82, 2.24) is 9.97 Å². The first-order chi connectivity index (χ1) is 6.75. The average Bonchev–Trinajstić information content (AvgIpc) is 2.18. The molecule has 2 heterocycles. The zero-order valence-corrected chi connectivity index (χ0v) is 8.18. The Bertz CT molecular complexity index is 317. The third-order valence-electron chi connectivity index (χ3n) is 2.19. The summed E-state index contributed by atoms with van der Waals surface area (Å²) in [5.74, 6) is 1.20. The maximum Gasteiger partial charge on any atom is 0.227 e. The molecule has 0 aliphatic carbocycles. The van der Waals surface area contributed by atoms with Crippen molar-refractivity contribution < 1.29 is 4.74 Å². The van der Waals surface area contributed by atoms with Crippen LogP contribution in [0.3, 0.4) is 0 Å². The molecule has 0 spiro atoms. The fourth-order valence-corrected chi connectivity index (χ4v) is 1.51. The third-order valence-corrected chi connectivity index (χ3v) is 2.19. The van der Waals surface area contributed by atoms with Gasteiger partial charge in [-0.2, -0.15) is 4.98 Å². The fraction of sp³-hybridized carbons (Fsp3) is 0.556. The van der Waals surface area contributed by atoms with E-state index in [4.69, 9.17) is 10.5 Å². The number of rotatable bonds is 1. The second kappa shape index (κ2) is 3.79. The number of nitrogen functional groups attached to an aromatic ring is 1. The Morgan fingerprint density at radius 3 is 3.21 bits per heavy atom. The van der Waals surface area contributed by atoms with Gasteiger partial charge >= 0.3 is 0 Å². The van der Waals surface area contributed by atoms with Crippen LogP contribution in [0.2, 0.25) is 0 Å². The molecule has 1 aliphatic heterocycles. The quantitative estimate of drug-likeness (QED) is 0.695. The van der Waals surface area contributed by atoms with Crippen molar-refractivity contribution in [3.05, 3.63) is 12.3 Å². The normalized spacial score (nSPS) is 22.4. The number of aromatic nitrogens is 2. The molecular weight excluding hydrogens is 180 g/mol. The van der Waals surface area contributed by atoms with Crippen molar-refractivity contribution in [3.63, 3.8) is 0 Å². The maximum atomic E-state index is 5.59. The number of nitrogens with two attached hydrogens (primary N) is 1. The van der Waals surface area contributed by atoms with Crippen LogP contribution >= 0.6 is 0 Å². The van der Waals surface area contributed by atoms with Gasteiger partial charge in [0.05, 0.1) is 12.7 Å². The molecule has 1 unspecified atom stereocenters. The van der Waals surface area contributed by atoms with Gasteiger partial charge in [-0.1, -0.05) is 0 Å². The number of anilines is 2. The van der Waals surface area contributed by atoms with E-state index in [1.165, 1.54) is 0 Å². The van der Waals surface area contributed by atoms with E-state index < -0.39 is 0 Å². The van der Waals surface area contributed by atoms with Crippen LogP contribution in [-0.2, 0) is 4.74 Å². The van der Waals surface area contributed by atoms with Crippen LogP contribution < -0.4 is 10.6 Å².